The minimum absolute atomic E-state index is 0.167. The Bertz CT molecular complexity index is 76.5. The van der Waals surface area contributed by atoms with Crippen molar-refractivity contribution in [3.05, 3.63) is 0 Å². The molecule has 1 fully saturated rings. The molecule has 3 N–H and O–H groups in total. The minimum Gasteiger partial charge on any atom is -0.326 e. The molecule has 0 aromatic heterocycles. The number of hydrogen-bond donors (Lipinski definition) is 2. The van der Waals surface area contributed by atoms with Crippen molar-refractivity contribution in [2.45, 2.75) is 13.0 Å². The molecule has 0 unspecified atom stereocenters. The molecular weight excluding hydrogens is 104 g/mol. The van der Waals surface area contributed by atoms with E-state index in [0.717, 1.165) is 6.54 Å². The quantitative estimate of drug-likeness (QED) is 0.455. The zero-order chi connectivity index (χ0) is 6.15. The summed E-state index contributed by atoms with van der Waals surface area (Å²) in [5.41, 5.74) is 5.57. The van der Waals surface area contributed by atoms with Gasteiger partial charge in [-0.15, -0.1) is 0 Å². The van der Waals surface area contributed by atoms with Crippen LogP contribution in [-0.4, -0.2) is 29.4 Å². The molecule has 8 heavy (non-hydrogen) atoms. The minimum atomic E-state index is 0.167. The molecular formula is C5H12N2O. The summed E-state index contributed by atoms with van der Waals surface area (Å²) < 4.78 is 0. The van der Waals surface area contributed by atoms with Gasteiger partial charge in [-0.2, -0.15) is 5.06 Å². The first-order chi connectivity index (χ1) is 3.70. The largest absolute Gasteiger partial charge is 0.326 e. The van der Waals surface area contributed by atoms with Crippen LogP contribution in [0.15, 0.2) is 0 Å². The zero-order valence-electron chi connectivity index (χ0n) is 5.04. The summed E-state index contributed by atoms with van der Waals surface area (Å²) in [6.07, 6.45) is 0. The lowest BCUT2D eigenvalue weighted by Gasteiger charge is -2.03. The molecule has 0 aliphatic carbocycles. The first-order valence-electron chi connectivity index (χ1n) is 2.89. The van der Waals surface area contributed by atoms with Crippen molar-refractivity contribution in [3.63, 3.8) is 0 Å². The maximum Gasteiger partial charge on any atom is 0.0393 e. The van der Waals surface area contributed by atoms with Gasteiger partial charge in [0.15, 0.2) is 0 Å². The highest BCUT2D eigenvalue weighted by molar-refractivity contribution is 4.79. The molecule has 0 saturated carbocycles. The summed E-state index contributed by atoms with van der Waals surface area (Å²) in [5, 5.41) is 10.1. The van der Waals surface area contributed by atoms with Gasteiger partial charge in [-0.25, -0.2) is 0 Å². The van der Waals surface area contributed by atoms with Gasteiger partial charge in [-0.1, -0.05) is 6.92 Å². The Balaban J connectivity index is 2.39. The van der Waals surface area contributed by atoms with Crippen molar-refractivity contribution in [2.24, 2.45) is 11.7 Å². The van der Waals surface area contributed by atoms with Gasteiger partial charge in [0, 0.05) is 19.1 Å². The Hall–Kier alpha value is -0.120. The first-order valence-corrected chi connectivity index (χ1v) is 2.89. The van der Waals surface area contributed by atoms with E-state index in [4.69, 9.17) is 10.9 Å². The van der Waals surface area contributed by atoms with Crippen molar-refractivity contribution < 1.29 is 5.21 Å². The second-order valence-corrected chi connectivity index (χ2v) is 2.51. The summed E-state index contributed by atoms with van der Waals surface area (Å²) >= 11 is 0. The van der Waals surface area contributed by atoms with E-state index in [1.54, 1.807) is 0 Å². The summed E-state index contributed by atoms with van der Waals surface area (Å²) in [5.74, 6) is 0.444. The third-order valence-electron chi connectivity index (χ3n) is 1.65. The Kier molecular flexibility index (Phi) is 1.51. The molecule has 48 valence electrons. The van der Waals surface area contributed by atoms with Gasteiger partial charge in [-0.3, -0.25) is 0 Å². The molecule has 3 nitrogen and oxygen atoms in total. The van der Waals surface area contributed by atoms with Crippen LogP contribution >= 0.6 is 0 Å². The molecule has 0 amide bonds. The first kappa shape index (κ1) is 6.01. The standard InChI is InChI=1S/C5H12N2O/c1-4-2-7(8)3-5(4)6/h4-5,8H,2-3,6H2,1H3/t4-,5+/m1/s1. The van der Waals surface area contributed by atoms with Crippen LogP contribution in [0.1, 0.15) is 6.92 Å². The van der Waals surface area contributed by atoms with Gasteiger partial charge in [0.2, 0.25) is 0 Å². The molecule has 0 radical (unpaired) electrons. The average molecular weight is 116 g/mol. The smallest absolute Gasteiger partial charge is 0.0393 e. The van der Waals surface area contributed by atoms with E-state index in [-0.39, 0.29) is 6.04 Å². The van der Waals surface area contributed by atoms with E-state index in [1.165, 1.54) is 5.06 Å². The van der Waals surface area contributed by atoms with Crippen molar-refractivity contribution in [3.8, 4) is 0 Å². The van der Waals surface area contributed by atoms with E-state index < -0.39 is 0 Å². The molecule has 1 heterocycles. The molecule has 3 heteroatoms. The molecule has 1 aliphatic rings. The highest BCUT2D eigenvalue weighted by Crippen LogP contribution is 2.10. The molecule has 0 aromatic rings. The van der Waals surface area contributed by atoms with Gasteiger partial charge in [0.05, 0.1) is 0 Å². The lowest BCUT2D eigenvalue weighted by Crippen LogP contribution is -2.27. The Morgan fingerprint density at radius 3 is 2.38 bits per heavy atom. The van der Waals surface area contributed by atoms with Crippen LogP contribution in [-0.2, 0) is 0 Å². The number of nitrogens with zero attached hydrogens (tertiary/aromatic N) is 1. The van der Waals surface area contributed by atoms with E-state index in [9.17, 15) is 0 Å². The van der Waals surface area contributed by atoms with Crippen LogP contribution in [0.4, 0.5) is 0 Å². The maximum atomic E-state index is 8.82. The highest BCUT2D eigenvalue weighted by Gasteiger charge is 2.24. The highest BCUT2D eigenvalue weighted by atomic mass is 16.5. The number of rotatable bonds is 0. The van der Waals surface area contributed by atoms with Crippen molar-refractivity contribution in [1.29, 1.82) is 0 Å². The zero-order valence-corrected chi connectivity index (χ0v) is 5.04. The van der Waals surface area contributed by atoms with Crippen LogP contribution in [0.2, 0.25) is 0 Å². The topological polar surface area (TPSA) is 49.5 Å². The molecule has 1 saturated heterocycles. The average Bonchev–Trinajstić information content (AvgIpc) is 1.85. The summed E-state index contributed by atoms with van der Waals surface area (Å²) in [4.78, 5) is 0. The van der Waals surface area contributed by atoms with Crippen LogP contribution in [0.25, 0.3) is 0 Å². The Morgan fingerprint density at radius 2 is 2.25 bits per heavy atom. The van der Waals surface area contributed by atoms with Gasteiger partial charge >= 0.3 is 0 Å². The summed E-state index contributed by atoms with van der Waals surface area (Å²) in [7, 11) is 0. The second-order valence-electron chi connectivity index (χ2n) is 2.51. The van der Waals surface area contributed by atoms with Gasteiger partial charge in [0.25, 0.3) is 0 Å². The molecule has 0 aromatic carbocycles. The fourth-order valence-electron chi connectivity index (χ4n) is 0.966. The molecule has 2 atom stereocenters. The van der Waals surface area contributed by atoms with Crippen LogP contribution in [0.3, 0.4) is 0 Å². The fourth-order valence-corrected chi connectivity index (χ4v) is 0.966. The molecule has 0 spiro atoms. The lowest BCUT2D eigenvalue weighted by atomic mass is 10.1. The number of nitrogens with two attached hydrogens (primary N) is 1. The predicted molar refractivity (Wildman–Crippen MR) is 30.5 cm³/mol. The van der Waals surface area contributed by atoms with Crippen molar-refractivity contribution >= 4 is 0 Å². The summed E-state index contributed by atoms with van der Waals surface area (Å²) in [6.45, 7) is 3.39. The SMILES string of the molecule is C[C@@H]1CN(O)C[C@@H]1N. The van der Waals surface area contributed by atoms with Crippen molar-refractivity contribution in [1.82, 2.24) is 5.06 Å². The third kappa shape index (κ3) is 0.992. The van der Waals surface area contributed by atoms with E-state index in [2.05, 4.69) is 0 Å². The Labute approximate surface area is 49.0 Å². The monoisotopic (exact) mass is 116 g/mol. The Morgan fingerprint density at radius 1 is 1.62 bits per heavy atom. The van der Waals surface area contributed by atoms with E-state index in [0.29, 0.717) is 12.5 Å². The van der Waals surface area contributed by atoms with Gasteiger partial charge in [-0.05, 0) is 5.92 Å². The predicted octanol–water partition coefficient (Wildman–Crippen LogP) is -0.345. The molecule has 1 aliphatic heterocycles. The molecule has 1 rings (SSSR count). The van der Waals surface area contributed by atoms with E-state index >= 15 is 0 Å². The van der Waals surface area contributed by atoms with E-state index in [1.807, 2.05) is 6.92 Å². The number of hydroxylamine groups is 2. The lowest BCUT2D eigenvalue weighted by molar-refractivity contribution is -0.0714. The normalized spacial score (nSPS) is 40.9. The fraction of sp³-hybridized carbons (Fsp3) is 1.00. The second kappa shape index (κ2) is 2.01. The van der Waals surface area contributed by atoms with Gasteiger partial charge in [0.1, 0.15) is 0 Å². The molecule has 0 bridgehead atoms. The number of hydrogen-bond acceptors (Lipinski definition) is 3. The maximum absolute atomic E-state index is 8.82. The van der Waals surface area contributed by atoms with Crippen LogP contribution in [0.5, 0.6) is 0 Å². The van der Waals surface area contributed by atoms with Crippen LogP contribution < -0.4 is 5.73 Å². The summed E-state index contributed by atoms with van der Waals surface area (Å²) in [6, 6.07) is 0.167. The van der Waals surface area contributed by atoms with Crippen LogP contribution in [0, 0.1) is 5.92 Å². The van der Waals surface area contributed by atoms with Crippen molar-refractivity contribution in [2.75, 3.05) is 13.1 Å². The van der Waals surface area contributed by atoms with Gasteiger partial charge < -0.3 is 10.9 Å². The third-order valence-corrected chi connectivity index (χ3v) is 1.65.